The van der Waals surface area contributed by atoms with E-state index >= 15 is 0 Å². The molecule has 0 radical (unpaired) electrons. The molecule has 2 aromatic heterocycles. The van der Waals surface area contributed by atoms with Gasteiger partial charge in [-0.15, -0.1) is 0 Å². The van der Waals surface area contributed by atoms with Crippen LogP contribution in [0.3, 0.4) is 0 Å². The van der Waals surface area contributed by atoms with Crippen LogP contribution in [0.5, 0.6) is 11.5 Å². The van der Waals surface area contributed by atoms with Crippen LogP contribution in [0, 0.1) is 16.0 Å². The molecular formula is C45H50N6O7S. The lowest BCUT2D eigenvalue weighted by atomic mass is 9.80. The Bertz CT molecular complexity index is 2450. The quantitative estimate of drug-likeness (QED) is 0.0770. The number of ether oxygens (including phenoxy) is 2. The Morgan fingerprint density at radius 2 is 1.66 bits per heavy atom. The summed E-state index contributed by atoms with van der Waals surface area (Å²) in [6.45, 7) is 2.88. The average Bonchev–Trinajstić information content (AvgIpc) is 3.80. The standard InChI is InChI=1S/C45H50N6O7S/c52-45(49-59(55,56)38-13-15-40(42(26-38)51(53)54)47-27-29-17-21-57-22-18-29)39-14-10-33(25-43(39)58-37-24-35-16-19-46-44(35)48-28-37)31-8-11-36(12-9-31)50-20-2-5-41(50)34-4-1-3-32(23-34)30-6-7-30/h1,3-4,10,13-16,19,23-26,28-31,36,41,47H,2,5-9,11-12,17-18,20-22,27H2,(H,46,48)(H,49,52). The maximum atomic E-state index is 13.9. The number of hydrogen-bond donors (Lipinski definition) is 3. The Morgan fingerprint density at radius 3 is 2.44 bits per heavy atom. The molecule has 1 atom stereocenters. The Kier molecular flexibility index (Phi) is 11.1. The lowest BCUT2D eigenvalue weighted by Gasteiger charge is -2.38. The van der Waals surface area contributed by atoms with Crippen LogP contribution in [0.2, 0.25) is 0 Å². The molecule has 4 fully saturated rings. The molecule has 2 aliphatic heterocycles. The molecular weight excluding hydrogens is 769 g/mol. The predicted molar refractivity (Wildman–Crippen MR) is 224 cm³/mol. The number of nitro groups is 1. The Morgan fingerprint density at radius 1 is 0.898 bits per heavy atom. The molecule has 2 saturated carbocycles. The van der Waals surface area contributed by atoms with Crippen LogP contribution in [0.4, 0.5) is 11.4 Å². The van der Waals surface area contributed by atoms with Crippen LogP contribution >= 0.6 is 0 Å². The first-order valence-corrected chi connectivity index (χ1v) is 22.4. The number of nitrogens with one attached hydrogen (secondary N) is 3. The van der Waals surface area contributed by atoms with Crippen molar-refractivity contribution in [2.45, 2.75) is 93.0 Å². The van der Waals surface area contributed by atoms with Gasteiger partial charge in [0.25, 0.3) is 21.6 Å². The maximum Gasteiger partial charge on any atom is 0.293 e. The summed E-state index contributed by atoms with van der Waals surface area (Å²) in [7, 11) is -4.53. The van der Waals surface area contributed by atoms with Crippen molar-refractivity contribution in [1.29, 1.82) is 0 Å². The summed E-state index contributed by atoms with van der Waals surface area (Å²) in [5.74, 6) is 0.926. The summed E-state index contributed by atoms with van der Waals surface area (Å²) in [5, 5.41) is 16.0. The fourth-order valence-electron chi connectivity index (χ4n) is 9.35. The number of anilines is 1. The average molecular weight is 819 g/mol. The minimum atomic E-state index is -4.53. The first kappa shape index (κ1) is 39.2. The van der Waals surface area contributed by atoms with E-state index in [1.54, 1.807) is 24.5 Å². The van der Waals surface area contributed by atoms with E-state index in [2.05, 4.69) is 49.2 Å². The van der Waals surface area contributed by atoms with E-state index < -0.39 is 31.4 Å². The molecule has 59 heavy (non-hydrogen) atoms. The Hall–Kier alpha value is -5.31. The van der Waals surface area contributed by atoms with Gasteiger partial charge in [0, 0.05) is 49.5 Å². The summed E-state index contributed by atoms with van der Waals surface area (Å²) in [6.07, 6.45) is 14.1. The highest BCUT2D eigenvalue weighted by Gasteiger charge is 2.36. The molecule has 5 aromatic rings. The topological polar surface area (TPSA) is 169 Å². The highest BCUT2D eigenvalue weighted by Crippen LogP contribution is 2.45. The number of aromatic nitrogens is 2. The van der Waals surface area contributed by atoms with Gasteiger partial charge in [0.2, 0.25) is 0 Å². The van der Waals surface area contributed by atoms with Crippen molar-refractivity contribution in [2.75, 3.05) is 31.6 Å². The zero-order chi connectivity index (χ0) is 40.5. The van der Waals surface area contributed by atoms with Crippen LogP contribution in [-0.2, 0) is 14.8 Å². The van der Waals surface area contributed by atoms with Gasteiger partial charge in [-0.05, 0) is 142 Å². The number of amides is 1. The number of nitro benzene ring substituents is 1. The van der Waals surface area contributed by atoms with E-state index in [-0.39, 0.29) is 28.8 Å². The number of nitrogens with zero attached hydrogens (tertiary/aromatic N) is 3. The first-order valence-electron chi connectivity index (χ1n) is 21.0. The third kappa shape index (κ3) is 8.71. The van der Waals surface area contributed by atoms with E-state index in [1.807, 2.05) is 18.2 Å². The first-order chi connectivity index (χ1) is 28.7. The number of hydrogen-bond acceptors (Lipinski definition) is 10. The normalized spacial score (nSPS) is 21.7. The molecule has 3 N–H and O–H groups in total. The third-order valence-corrected chi connectivity index (χ3v) is 14.1. The van der Waals surface area contributed by atoms with Crippen molar-refractivity contribution in [1.82, 2.24) is 19.6 Å². The smallest absolute Gasteiger partial charge is 0.293 e. The van der Waals surface area contributed by atoms with Crippen LogP contribution in [-0.4, -0.2) is 66.5 Å². The van der Waals surface area contributed by atoms with Crippen molar-refractivity contribution in [3.63, 3.8) is 0 Å². The predicted octanol–water partition coefficient (Wildman–Crippen LogP) is 8.96. The van der Waals surface area contributed by atoms with E-state index in [0.29, 0.717) is 43.2 Å². The molecule has 2 saturated heterocycles. The van der Waals surface area contributed by atoms with Gasteiger partial charge in [0.1, 0.15) is 22.8 Å². The monoisotopic (exact) mass is 818 g/mol. The van der Waals surface area contributed by atoms with Gasteiger partial charge in [-0.25, -0.2) is 18.1 Å². The molecule has 3 aromatic carbocycles. The lowest BCUT2D eigenvalue weighted by molar-refractivity contribution is -0.384. The molecule has 9 rings (SSSR count). The number of aromatic amines is 1. The molecule has 14 heteroatoms. The van der Waals surface area contributed by atoms with Gasteiger partial charge in [0.15, 0.2) is 0 Å². The number of likely N-dealkylation sites (tertiary alicyclic amines) is 1. The molecule has 308 valence electrons. The molecule has 2 aliphatic carbocycles. The molecule has 1 unspecified atom stereocenters. The van der Waals surface area contributed by atoms with Crippen molar-refractivity contribution < 1.29 is 27.6 Å². The largest absolute Gasteiger partial charge is 0.455 e. The van der Waals surface area contributed by atoms with Gasteiger partial charge < -0.3 is 19.8 Å². The molecule has 0 spiro atoms. The lowest BCUT2D eigenvalue weighted by Crippen LogP contribution is -2.37. The number of fused-ring (bicyclic) bond motifs is 1. The van der Waals surface area contributed by atoms with Crippen molar-refractivity contribution in [3.05, 3.63) is 118 Å². The van der Waals surface area contributed by atoms with Crippen LogP contribution in [0.1, 0.15) is 109 Å². The second kappa shape index (κ2) is 16.7. The fourth-order valence-corrected chi connectivity index (χ4v) is 10.3. The molecule has 4 aliphatic rings. The summed E-state index contributed by atoms with van der Waals surface area (Å²) >= 11 is 0. The SMILES string of the molecule is O=C(NS(=O)(=O)c1ccc(NCC2CCOCC2)c([N+](=O)[O-])c1)c1ccc(C2CCC(N3CCCC3c3cccc(C4CC4)c3)CC2)cc1Oc1cnc2[nH]ccc2c1. The highest BCUT2D eigenvalue weighted by molar-refractivity contribution is 7.90. The van der Waals surface area contributed by atoms with Gasteiger partial charge in [-0.2, -0.15) is 0 Å². The van der Waals surface area contributed by atoms with Gasteiger partial charge >= 0.3 is 0 Å². The van der Waals surface area contributed by atoms with E-state index in [4.69, 9.17) is 9.47 Å². The zero-order valence-electron chi connectivity index (χ0n) is 33.0. The molecule has 1 amide bonds. The Balaban J connectivity index is 0.926. The highest BCUT2D eigenvalue weighted by atomic mass is 32.2. The summed E-state index contributed by atoms with van der Waals surface area (Å²) in [4.78, 5) is 35.2. The molecule has 4 heterocycles. The summed E-state index contributed by atoms with van der Waals surface area (Å²) < 4.78 is 41.2. The zero-order valence-corrected chi connectivity index (χ0v) is 33.8. The summed E-state index contributed by atoms with van der Waals surface area (Å²) in [6, 6.07) is 22.9. The van der Waals surface area contributed by atoms with Gasteiger partial charge in [0.05, 0.1) is 21.6 Å². The van der Waals surface area contributed by atoms with E-state index in [0.717, 1.165) is 68.0 Å². The minimum Gasteiger partial charge on any atom is -0.455 e. The van der Waals surface area contributed by atoms with Gasteiger partial charge in [-0.1, -0.05) is 30.3 Å². The third-order valence-electron chi connectivity index (χ3n) is 12.8. The second-order valence-corrected chi connectivity index (χ2v) is 18.3. The Labute approximate surface area is 344 Å². The van der Waals surface area contributed by atoms with Gasteiger partial charge in [-0.3, -0.25) is 19.8 Å². The number of pyridine rings is 1. The van der Waals surface area contributed by atoms with Crippen LogP contribution < -0.4 is 14.8 Å². The summed E-state index contributed by atoms with van der Waals surface area (Å²) in [5.41, 5.74) is 4.46. The minimum absolute atomic E-state index is 0.0118. The van der Waals surface area contributed by atoms with Crippen molar-refractivity contribution in [3.8, 4) is 11.5 Å². The number of H-pyrrole nitrogens is 1. The number of benzene rings is 3. The number of carbonyl (C=O) groups excluding carboxylic acids is 1. The van der Waals surface area contributed by atoms with E-state index in [1.165, 1.54) is 48.9 Å². The van der Waals surface area contributed by atoms with Crippen molar-refractivity contribution in [2.24, 2.45) is 5.92 Å². The number of carbonyl (C=O) groups is 1. The molecule has 0 bridgehead atoms. The van der Waals surface area contributed by atoms with E-state index in [9.17, 15) is 23.3 Å². The van der Waals surface area contributed by atoms with Crippen molar-refractivity contribution >= 4 is 38.3 Å². The number of sulfonamides is 1. The maximum absolute atomic E-state index is 13.9. The number of rotatable bonds is 13. The second-order valence-electron chi connectivity index (χ2n) is 16.6. The van der Waals surface area contributed by atoms with Crippen LogP contribution in [0.15, 0.2) is 90.1 Å². The fraction of sp³-hybridized carbons (Fsp3) is 0.422. The van der Waals surface area contributed by atoms with Crippen LogP contribution in [0.25, 0.3) is 11.0 Å². The molecule has 13 nitrogen and oxygen atoms in total.